The van der Waals surface area contributed by atoms with Gasteiger partial charge >= 0.3 is 5.97 Å². The lowest BCUT2D eigenvalue weighted by Crippen LogP contribution is -2.33. The summed E-state index contributed by atoms with van der Waals surface area (Å²) < 4.78 is 5.01. The van der Waals surface area contributed by atoms with E-state index in [0.717, 1.165) is 5.69 Å². The van der Waals surface area contributed by atoms with E-state index in [1.165, 1.54) is 12.8 Å². The molecule has 1 aliphatic rings. The standard InChI is InChI=1S/C15H22N2O2/c1-4-19-14(18)11-6-5-7-12(13(11)16)17-15(2,3)10-8-9-10/h5-7,10,17H,4,8-9,16H2,1-3H3. The topological polar surface area (TPSA) is 64.3 Å². The first-order valence-corrected chi connectivity index (χ1v) is 6.79. The zero-order valence-corrected chi connectivity index (χ0v) is 11.8. The van der Waals surface area contributed by atoms with Crippen molar-refractivity contribution in [2.45, 2.75) is 39.2 Å². The maximum Gasteiger partial charge on any atom is 0.340 e. The summed E-state index contributed by atoms with van der Waals surface area (Å²) in [4.78, 5) is 11.8. The highest BCUT2D eigenvalue weighted by molar-refractivity contribution is 5.98. The van der Waals surface area contributed by atoms with Crippen LogP contribution in [0.25, 0.3) is 0 Å². The molecule has 0 heterocycles. The first-order chi connectivity index (χ1) is 8.95. The van der Waals surface area contributed by atoms with Crippen molar-refractivity contribution in [3.05, 3.63) is 23.8 Å². The Kier molecular flexibility index (Phi) is 3.69. The quantitative estimate of drug-likeness (QED) is 0.632. The van der Waals surface area contributed by atoms with E-state index in [9.17, 15) is 4.79 Å². The van der Waals surface area contributed by atoms with Crippen LogP contribution >= 0.6 is 0 Å². The number of nitrogen functional groups attached to an aromatic ring is 1. The average molecular weight is 262 g/mol. The molecule has 1 aliphatic carbocycles. The van der Waals surface area contributed by atoms with Crippen molar-refractivity contribution in [1.29, 1.82) is 0 Å². The Morgan fingerprint density at radius 3 is 2.74 bits per heavy atom. The van der Waals surface area contributed by atoms with Crippen molar-refractivity contribution in [2.24, 2.45) is 5.92 Å². The SMILES string of the molecule is CCOC(=O)c1cccc(NC(C)(C)C2CC2)c1N. The number of para-hydroxylation sites is 1. The number of hydrogen-bond donors (Lipinski definition) is 2. The van der Waals surface area contributed by atoms with E-state index in [0.29, 0.717) is 23.8 Å². The highest BCUT2D eigenvalue weighted by Gasteiger charge is 2.38. The Labute approximate surface area is 114 Å². The van der Waals surface area contributed by atoms with Crippen molar-refractivity contribution in [3.63, 3.8) is 0 Å². The number of esters is 1. The van der Waals surface area contributed by atoms with Crippen LogP contribution in [0.1, 0.15) is 44.0 Å². The third-order valence-corrected chi connectivity index (χ3v) is 3.66. The summed E-state index contributed by atoms with van der Waals surface area (Å²) in [5.41, 5.74) is 7.78. The molecule has 0 unspecified atom stereocenters. The number of carbonyl (C=O) groups is 1. The molecule has 19 heavy (non-hydrogen) atoms. The van der Waals surface area contributed by atoms with Gasteiger partial charge in [0.15, 0.2) is 0 Å². The molecular weight excluding hydrogens is 240 g/mol. The Morgan fingerprint density at radius 1 is 1.47 bits per heavy atom. The second-order valence-corrected chi connectivity index (χ2v) is 5.61. The van der Waals surface area contributed by atoms with Crippen LogP contribution in [0.3, 0.4) is 0 Å². The van der Waals surface area contributed by atoms with Gasteiger partial charge in [-0.2, -0.15) is 0 Å². The first-order valence-electron chi connectivity index (χ1n) is 6.79. The zero-order valence-electron chi connectivity index (χ0n) is 11.8. The van der Waals surface area contributed by atoms with Crippen molar-refractivity contribution >= 4 is 17.3 Å². The molecule has 4 nitrogen and oxygen atoms in total. The van der Waals surface area contributed by atoms with Gasteiger partial charge in [0.25, 0.3) is 0 Å². The smallest absolute Gasteiger partial charge is 0.340 e. The Hall–Kier alpha value is -1.71. The second kappa shape index (κ2) is 5.11. The molecule has 3 N–H and O–H groups in total. The highest BCUT2D eigenvalue weighted by atomic mass is 16.5. The van der Waals surface area contributed by atoms with Crippen molar-refractivity contribution < 1.29 is 9.53 Å². The zero-order chi connectivity index (χ0) is 14.0. The molecule has 1 aromatic carbocycles. The Bertz CT molecular complexity index is 479. The molecule has 1 saturated carbocycles. The van der Waals surface area contributed by atoms with Crippen LogP contribution in [0, 0.1) is 5.92 Å². The normalized spacial score (nSPS) is 15.1. The largest absolute Gasteiger partial charge is 0.462 e. The Balaban J connectivity index is 2.22. The van der Waals surface area contributed by atoms with E-state index < -0.39 is 0 Å². The molecule has 1 aromatic rings. The second-order valence-electron chi connectivity index (χ2n) is 5.61. The molecule has 0 aliphatic heterocycles. The molecule has 0 bridgehead atoms. The fourth-order valence-electron chi connectivity index (χ4n) is 2.32. The maximum absolute atomic E-state index is 11.8. The molecule has 2 rings (SSSR count). The average Bonchev–Trinajstić information content (AvgIpc) is 3.16. The van der Waals surface area contributed by atoms with Gasteiger partial charge in [0.05, 0.1) is 23.5 Å². The number of nitrogens with one attached hydrogen (secondary N) is 1. The van der Waals surface area contributed by atoms with Gasteiger partial charge < -0.3 is 15.8 Å². The van der Waals surface area contributed by atoms with Gasteiger partial charge in [-0.1, -0.05) is 6.07 Å². The molecule has 1 fully saturated rings. The lowest BCUT2D eigenvalue weighted by Gasteiger charge is -2.28. The lowest BCUT2D eigenvalue weighted by molar-refractivity contribution is 0.0527. The molecule has 4 heteroatoms. The molecule has 0 amide bonds. The lowest BCUT2D eigenvalue weighted by atomic mass is 9.97. The van der Waals surface area contributed by atoms with E-state index in [1.807, 2.05) is 12.1 Å². The number of ether oxygens (including phenoxy) is 1. The molecule has 0 aromatic heterocycles. The summed E-state index contributed by atoms with van der Waals surface area (Å²) in [6, 6.07) is 5.43. The number of anilines is 2. The predicted octanol–water partition coefficient (Wildman–Crippen LogP) is 3.05. The van der Waals surface area contributed by atoms with Gasteiger partial charge in [0, 0.05) is 5.54 Å². The molecule has 0 radical (unpaired) electrons. The summed E-state index contributed by atoms with van der Waals surface area (Å²) in [7, 11) is 0. The van der Waals surface area contributed by atoms with Crippen molar-refractivity contribution in [3.8, 4) is 0 Å². The number of carbonyl (C=O) groups excluding carboxylic acids is 1. The van der Waals surface area contributed by atoms with Crippen LogP contribution in [0.4, 0.5) is 11.4 Å². The summed E-state index contributed by atoms with van der Waals surface area (Å²) in [5, 5.41) is 3.45. The number of benzene rings is 1. The minimum absolute atomic E-state index is 0.00139. The number of hydrogen-bond acceptors (Lipinski definition) is 4. The Morgan fingerprint density at radius 2 is 2.16 bits per heavy atom. The van der Waals surface area contributed by atoms with Crippen molar-refractivity contribution in [2.75, 3.05) is 17.7 Å². The van der Waals surface area contributed by atoms with E-state index in [1.54, 1.807) is 13.0 Å². The molecule has 0 saturated heterocycles. The minimum atomic E-state index is -0.368. The van der Waals surface area contributed by atoms with E-state index >= 15 is 0 Å². The molecule has 0 atom stereocenters. The molecule has 104 valence electrons. The van der Waals surface area contributed by atoms with Crippen LogP contribution in [0.2, 0.25) is 0 Å². The van der Waals surface area contributed by atoms with E-state index in [2.05, 4.69) is 19.2 Å². The highest BCUT2D eigenvalue weighted by Crippen LogP contribution is 2.42. The third-order valence-electron chi connectivity index (χ3n) is 3.66. The fraction of sp³-hybridized carbons (Fsp3) is 0.533. The molecule has 0 spiro atoms. The minimum Gasteiger partial charge on any atom is -0.462 e. The van der Waals surface area contributed by atoms with Gasteiger partial charge in [-0.25, -0.2) is 4.79 Å². The van der Waals surface area contributed by atoms with Gasteiger partial charge in [-0.3, -0.25) is 0 Å². The fourth-order valence-corrected chi connectivity index (χ4v) is 2.32. The predicted molar refractivity (Wildman–Crippen MR) is 77.2 cm³/mol. The third kappa shape index (κ3) is 3.00. The van der Waals surface area contributed by atoms with Gasteiger partial charge in [-0.15, -0.1) is 0 Å². The van der Waals surface area contributed by atoms with Crippen LogP contribution in [0.15, 0.2) is 18.2 Å². The molecular formula is C15H22N2O2. The van der Waals surface area contributed by atoms with E-state index in [-0.39, 0.29) is 11.5 Å². The summed E-state index contributed by atoms with van der Waals surface area (Å²) in [5.74, 6) is 0.311. The van der Waals surface area contributed by atoms with E-state index in [4.69, 9.17) is 10.5 Å². The van der Waals surface area contributed by atoms with Crippen LogP contribution < -0.4 is 11.1 Å². The van der Waals surface area contributed by atoms with Crippen LogP contribution in [0.5, 0.6) is 0 Å². The summed E-state index contributed by atoms with van der Waals surface area (Å²) in [6.07, 6.45) is 2.49. The number of rotatable bonds is 5. The monoisotopic (exact) mass is 262 g/mol. The van der Waals surface area contributed by atoms with Crippen LogP contribution in [-0.2, 0) is 4.74 Å². The number of nitrogens with two attached hydrogens (primary N) is 1. The van der Waals surface area contributed by atoms with Gasteiger partial charge in [0.2, 0.25) is 0 Å². The van der Waals surface area contributed by atoms with Crippen molar-refractivity contribution in [1.82, 2.24) is 0 Å². The first kappa shape index (κ1) is 13.7. The summed E-state index contributed by atoms with van der Waals surface area (Å²) in [6.45, 7) is 6.47. The maximum atomic E-state index is 11.8. The summed E-state index contributed by atoms with van der Waals surface area (Å²) >= 11 is 0. The van der Waals surface area contributed by atoms with Gasteiger partial charge in [0.1, 0.15) is 0 Å². The van der Waals surface area contributed by atoms with Crippen LogP contribution in [-0.4, -0.2) is 18.1 Å². The van der Waals surface area contributed by atoms with Gasteiger partial charge in [-0.05, 0) is 51.7 Å².